The monoisotopic (exact) mass is 187 g/mol. The summed E-state index contributed by atoms with van der Waals surface area (Å²) in [6, 6.07) is 0.174. The van der Waals surface area contributed by atoms with E-state index >= 15 is 0 Å². The third kappa shape index (κ3) is 2.23. The van der Waals surface area contributed by atoms with Gasteiger partial charge in [-0.15, -0.1) is 0 Å². The predicted molar refractivity (Wildman–Crippen MR) is 26.5 cm³/mol. The first kappa shape index (κ1) is 8.57. The maximum atomic E-state index is 10.3. The third-order valence-electron chi connectivity index (χ3n) is 1.08. The Morgan fingerprint density at radius 2 is 2.38 bits per heavy atom. The molecule has 2 nitrogen and oxygen atoms in total. The van der Waals surface area contributed by atoms with Crippen molar-refractivity contribution in [1.29, 1.82) is 0 Å². The SMILES string of the molecule is [CH2-]C1CCC(=O)N1.[Y]. The average Bonchev–Trinajstić information content (AvgIpc) is 1.87. The van der Waals surface area contributed by atoms with Crippen LogP contribution in [0.5, 0.6) is 0 Å². The van der Waals surface area contributed by atoms with Crippen molar-refractivity contribution in [3.05, 3.63) is 6.92 Å². The minimum atomic E-state index is 0. The Hall–Kier alpha value is 0.574. The van der Waals surface area contributed by atoms with E-state index in [4.69, 9.17) is 0 Å². The minimum Gasteiger partial charge on any atom is -0.383 e. The number of hydrogen-bond donors (Lipinski definition) is 1. The molecule has 1 rings (SSSR count). The maximum absolute atomic E-state index is 10.3. The Balaban J connectivity index is 0.000000490. The van der Waals surface area contributed by atoms with Crippen LogP contribution < -0.4 is 5.32 Å². The van der Waals surface area contributed by atoms with Gasteiger partial charge >= 0.3 is 0 Å². The smallest absolute Gasteiger partial charge is 0.217 e. The van der Waals surface area contributed by atoms with Crippen LogP contribution in [0.4, 0.5) is 0 Å². The van der Waals surface area contributed by atoms with Gasteiger partial charge in [0.15, 0.2) is 0 Å². The third-order valence-corrected chi connectivity index (χ3v) is 1.08. The van der Waals surface area contributed by atoms with Crippen molar-refractivity contribution in [3.8, 4) is 0 Å². The maximum Gasteiger partial charge on any atom is 0.217 e. The van der Waals surface area contributed by atoms with Gasteiger partial charge in [-0.3, -0.25) is 4.79 Å². The van der Waals surface area contributed by atoms with Crippen LogP contribution in [0, 0.1) is 6.92 Å². The molecule has 1 aliphatic heterocycles. The van der Waals surface area contributed by atoms with Crippen molar-refractivity contribution in [2.75, 3.05) is 0 Å². The molecule has 0 aromatic carbocycles. The van der Waals surface area contributed by atoms with E-state index in [1.807, 2.05) is 0 Å². The number of rotatable bonds is 0. The number of nitrogens with one attached hydrogen (secondary N) is 1. The summed E-state index contributed by atoms with van der Waals surface area (Å²) in [5.41, 5.74) is 0. The first-order valence-electron chi connectivity index (χ1n) is 2.41. The average molecular weight is 187 g/mol. The zero-order valence-corrected chi connectivity index (χ0v) is 7.52. The molecule has 0 spiro atoms. The zero-order valence-electron chi connectivity index (χ0n) is 4.68. The van der Waals surface area contributed by atoms with E-state index in [9.17, 15) is 4.79 Å². The van der Waals surface area contributed by atoms with Crippen LogP contribution in [-0.4, -0.2) is 11.9 Å². The summed E-state index contributed by atoms with van der Waals surface area (Å²) < 4.78 is 0. The molecule has 1 radical (unpaired) electrons. The normalized spacial score (nSPS) is 26.6. The van der Waals surface area contributed by atoms with Crippen molar-refractivity contribution in [3.63, 3.8) is 0 Å². The van der Waals surface area contributed by atoms with E-state index in [2.05, 4.69) is 12.2 Å². The Morgan fingerprint density at radius 1 is 1.75 bits per heavy atom. The number of amides is 1. The summed E-state index contributed by atoms with van der Waals surface area (Å²) >= 11 is 0. The van der Waals surface area contributed by atoms with E-state index in [1.54, 1.807) is 0 Å². The molecule has 1 atom stereocenters. The van der Waals surface area contributed by atoms with Gasteiger partial charge in [0.1, 0.15) is 0 Å². The summed E-state index contributed by atoms with van der Waals surface area (Å²) in [5, 5.41) is 2.67. The molecule has 1 N–H and O–H groups in total. The van der Waals surface area contributed by atoms with Gasteiger partial charge in [0.2, 0.25) is 5.91 Å². The van der Waals surface area contributed by atoms with Crippen molar-refractivity contribution in [2.45, 2.75) is 18.9 Å². The van der Waals surface area contributed by atoms with Gasteiger partial charge in [-0.2, -0.15) is 0 Å². The van der Waals surface area contributed by atoms with Crippen molar-refractivity contribution in [1.82, 2.24) is 5.32 Å². The van der Waals surface area contributed by atoms with Gasteiger partial charge in [0, 0.05) is 39.1 Å². The summed E-state index contributed by atoms with van der Waals surface area (Å²) in [5.74, 6) is 0.139. The summed E-state index contributed by atoms with van der Waals surface area (Å²) in [6.45, 7) is 3.66. The van der Waals surface area contributed by atoms with Crippen molar-refractivity contribution >= 4 is 5.91 Å². The molecule has 0 saturated carbocycles. The second-order valence-electron chi connectivity index (χ2n) is 1.80. The molecule has 1 heterocycles. The van der Waals surface area contributed by atoms with E-state index in [1.165, 1.54) is 0 Å². The molecule has 8 heavy (non-hydrogen) atoms. The Bertz CT molecular complexity index is 94.4. The van der Waals surface area contributed by atoms with E-state index < -0.39 is 0 Å². The molecular weight excluding hydrogens is 179 g/mol. The van der Waals surface area contributed by atoms with Crippen LogP contribution in [0.1, 0.15) is 12.8 Å². The predicted octanol–water partition coefficient (Wildman–Crippen LogP) is 0.0966. The standard InChI is InChI=1S/C5H8NO.Y/c1-4-2-3-5(7)6-4;/h4H,1-3H2,(H,6,7);/q-1;. The molecule has 43 valence electrons. The minimum absolute atomic E-state index is 0. The topological polar surface area (TPSA) is 29.1 Å². The summed E-state index contributed by atoms with van der Waals surface area (Å²) in [6.07, 6.45) is 1.56. The molecule has 1 saturated heterocycles. The van der Waals surface area contributed by atoms with Gasteiger partial charge in [0.25, 0.3) is 0 Å². The van der Waals surface area contributed by atoms with Gasteiger partial charge in [-0.25, -0.2) is 0 Å². The summed E-state index contributed by atoms with van der Waals surface area (Å²) in [4.78, 5) is 10.3. The molecule has 0 aliphatic carbocycles. The first-order chi connectivity index (χ1) is 3.29. The zero-order chi connectivity index (χ0) is 5.28. The number of carbonyl (C=O) groups is 1. The second kappa shape index (κ2) is 3.57. The second-order valence-corrected chi connectivity index (χ2v) is 1.80. The Morgan fingerprint density at radius 3 is 2.50 bits per heavy atom. The molecule has 3 heteroatoms. The van der Waals surface area contributed by atoms with Crippen molar-refractivity contribution in [2.24, 2.45) is 0 Å². The van der Waals surface area contributed by atoms with Crippen LogP contribution in [0.15, 0.2) is 0 Å². The Labute approximate surface area is 74.3 Å². The molecule has 1 aliphatic rings. The number of carbonyl (C=O) groups excluding carboxylic acids is 1. The van der Waals surface area contributed by atoms with Gasteiger partial charge in [0.05, 0.1) is 0 Å². The van der Waals surface area contributed by atoms with E-state index in [-0.39, 0.29) is 44.7 Å². The largest absolute Gasteiger partial charge is 0.383 e. The first-order valence-corrected chi connectivity index (χ1v) is 2.41. The molecule has 1 fully saturated rings. The van der Waals surface area contributed by atoms with Crippen LogP contribution in [0.25, 0.3) is 0 Å². The molecule has 1 amide bonds. The molecule has 1 unspecified atom stereocenters. The fraction of sp³-hybridized carbons (Fsp3) is 0.600. The quantitative estimate of drug-likeness (QED) is 0.535. The number of hydrogen-bond acceptors (Lipinski definition) is 1. The van der Waals surface area contributed by atoms with Crippen LogP contribution in [-0.2, 0) is 37.5 Å². The fourth-order valence-electron chi connectivity index (χ4n) is 0.677. The van der Waals surface area contributed by atoms with Crippen LogP contribution >= 0.6 is 0 Å². The van der Waals surface area contributed by atoms with Crippen LogP contribution in [0.3, 0.4) is 0 Å². The van der Waals surface area contributed by atoms with Gasteiger partial charge in [-0.05, 0) is 0 Å². The molecule has 0 aromatic rings. The fourth-order valence-corrected chi connectivity index (χ4v) is 0.677. The molecule has 0 aromatic heterocycles. The Kier molecular flexibility index (Phi) is 3.83. The molecule has 0 bridgehead atoms. The summed E-state index contributed by atoms with van der Waals surface area (Å²) in [7, 11) is 0. The van der Waals surface area contributed by atoms with Crippen molar-refractivity contribution < 1.29 is 37.5 Å². The van der Waals surface area contributed by atoms with E-state index in [0.717, 1.165) is 6.42 Å². The molecular formula is C5H8NOY-. The van der Waals surface area contributed by atoms with Gasteiger partial charge < -0.3 is 12.2 Å². The van der Waals surface area contributed by atoms with E-state index in [0.29, 0.717) is 6.42 Å². The van der Waals surface area contributed by atoms with Crippen LogP contribution in [0.2, 0.25) is 0 Å². The van der Waals surface area contributed by atoms with Gasteiger partial charge in [-0.1, -0.05) is 12.5 Å².